The Labute approximate surface area is 149 Å². The van der Waals surface area contributed by atoms with Gasteiger partial charge in [-0.05, 0) is 31.5 Å². The molecule has 2 atom stereocenters. The van der Waals surface area contributed by atoms with Crippen LogP contribution in [0.1, 0.15) is 25.8 Å². The van der Waals surface area contributed by atoms with Crippen molar-refractivity contribution in [3.63, 3.8) is 0 Å². The van der Waals surface area contributed by atoms with Crippen molar-refractivity contribution in [3.8, 4) is 11.5 Å². The van der Waals surface area contributed by atoms with Gasteiger partial charge in [0.2, 0.25) is 0 Å². The molecular weight excluding hydrogens is 347 g/mol. The van der Waals surface area contributed by atoms with E-state index < -0.39 is 7.60 Å². The Hall–Kier alpha value is -1.11. The lowest BCUT2D eigenvalue weighted by atomic mass is 10.2. The molecule has 0 spiro atoms. The molecule has 1 aromatic rings. The van der Waals surface area contributed by atoms with E-state index >= 15 is 0 Å². The van der Waals surface area contributed by atoms with E-state index in [2.05, 4.69) is 0 Å². The van der Waals surface area contributed by atoms with E-state index in [0.717, 1.165) is 0 Å². The fraction of sp³-hybridized carbons (Fsp3) is 0.647. The highest BCUT2D eigenvalue weighted by Gasteiger charge is 2.25. The van der Waals surface area contributed by atoms with Gasteiger partial charge in [-0.3, -0.25) is 4.57 Å². The molecule has 0 heterocycles. The lowest BCUT2D eigenvalue weighted by Gasteiger charge is -2.19. The van der Waals surface area contributed by atoms with Crippen LogP contribution < -0.4 is 9.47 Å². The Bertz CT molecular complexity index is 550. The molecule has 0 amide bonds. The molecule has 0 saturated carbocycles. The third-order valence-corrected chi connectivity index (χ3v) is 4.85. The topological polar surface area (TPSA) is 83.5 Å². The van der Waals surface area contributed by atoms with Crippen LogP contribution in [-0.2, 0) is 24.7 Å². The molecule has 7 nitrogen and oxygen atoms in total. The number of rotatable bonds is 13. The Morgan fingerprint density at radius 3 is 2.32 bits per heavy atom. The number of hydrogen-bond donors (Lipinski definition) is 1. The maximum absolute atomic E-state index is 12.4. The van der Waals surface area contributed by atoms with Gasteiger partial charge in [0.05, 0.1) is 25.5 Å². The minimum absolute atomic E-state index is 0.152. The summed E-state index contributed by atoms with van der Waals surface area (Å²) < 4.78 is 38.8. The summed E-state index contributed by atoms with van der Waals surface area (Å²) in [5.41, 5.74) is 0.556. The van der Waals surface area contributed by atoms with Crippen LogP contribution in [0.2, 0.25) is 0 Å². The predicted molar refractivity (Wildman–Crippen MR) is 95.6 cm³/mol. The molecule has 8 heteroatoms. The fourth-order valence-corrected chi connectivity index (χ4v) is 3.46. The van der Waals surface area contributed by atoms with Crippen molar-refractivity contribution in [2.45, 2.75) is 32.5 Å². The first-order chi connectivity index (χ1) is 11.9. The normalized spacial score (nSPS) is 14.8. The number of benzene rings is 1. The monoisotopic (exact) mass is 376 g/mol. The summed E-state index contributed by atoms with van der Waals surface area (Å²) in [6.45, 7) is 5.27. The van der Waals surface area contributed by atoms with Gasteiger partial charge < -0.3 is 28.4 Å². The maximum atomic E-state index is 12.4. The summed E-state index contributed by atoms with van der Waals surface area (Å²) in [5, 5.41) is 0. The number of hydrogen-bond acceptors (Lipinski definition) is 6. The lowest BCUT2D eigenvalue weighted by Crippen LogP contribution is -2.09. The van der Waals surface area contributed by atoms with E-state index in [1.54, 1.807) is 39.3 Å². The predicted octanol–water partition coefficient (Wildman–Crippen LogP) is 3.24. The molecule has 0 saturated heterocycles. The Morgan fingerprint density at radius 1 is 1.08 bits per heavy atom. The number of methoxy groups -OCH3 is 2. The summed E-state index contributed by atoms with van der Waals surface area (Å²) in [6.07, 6.45) is 0.207. The molecule has 2 unspecified atom stereocenters. The molecule has 0 aliphatic heterocycles. The summed E-state index contributed by atoms with van der Waals surface area (Å²) in [7, 11) is -0.621. The van der Waals surface area contributed by atoms with Gasteiger partial charge in [-0.15, -0.1) is 0 Å². The minimum Gasteiger partial charge on any atom is -0.491 e. The van der Waals surface area contributed by atoms with E-state index in [0.29, 0.717) is 49.9 Å². The second-order valence-electron chi connectivity index (χ2n) is 5.57. The Kier molecular flexibility index (Phi) is 10.1. The zero-order valence-electron chi connectivity index (χ0n) is 15.4. The van der Waals surface area contributed by atoms with Crippen LogP contribution in [0.25, 0.3) is 0 Å². The second-order valence-corrected chi connectivity index (χ2v) is 7.37. The van der Waals surface area contributed by atoms with Crippen LogP contribution in [0.15, 0.2) is 18.2 Å². The zero-order chi connectivity index (χ0) is 18.7. The van der Waals surface area contributed by atoms with Gasteiger partial charge in [0.1, 0.15) is 24.7 Å². The standard InChI is InChI=1S/C17H29O7P/c1-5-14(2)24-25(18,19)13-15-12-16(22-10-8-20-3)6-7-17(15)23-11-9-21-4/h6-7,12,14H,5,8-11,13H2,1-4H3,(H,18,19). The molecule has 25 heavy (non-hydrogen) atoms. The Morgan fingerprint density at radius 2 is 1.72 bits per heavy atom. The van der Waals surface area contributed by atoms with Crippen molar-refractivity contribution < 1.29 is 32.9 Å². The second kappa shape index (κ2) is 11.5. The minimum atomic E-state index is -3.80. The molecule has 0 aliphatic carbocycles. The van der Waals surface area contributed by atoms with Crippen LogP contribution in [-0.4, -0.2) is 51.6 Å². The van der Waals surface area contributed by atoms with Crippen LogP contribution in [0.4, 0.5) is 0 Å². The molecule has 0 bridgehead atoms. The van der Waals surface area contributed by atoms with Crippen molar-refractivity contribution in [1.29, 1.82) is 0 Å². The number of ether oxygens (including phenoxy) is 4. The molecule has 0 fully saturated rings. The van der Waals surface area contributed by atoms with Crippen molar-refractivity contribution in [1.82, 2.24) is 0 Å². The molecule has 144 valence electrons. The highest BCUT2D eigenvalue weighted by atomic mass is 31.2. The Balaban J connectivity index is 2.91. The quantitative estimate of drug-likeness (QED) is 0.418. The van der Waals surface area contributed by atoms with E-state index in [1.165, 1.54) is 0 Å². The average Bonchev–Trinajstić information content (AvgIpc) is 2.56. The van der Waals surface area contributed by atoms with Crippen molar-refractivity contribution in [3.05, 3.63) is 23.8 Å². The summed E-state index contributed by atoms with van der Waals surface area (Å²) in [5.74, 6) is 1.09. The van der Waals surface area contributed by atoms with Gasteiger partial charge in [-0.2, -0.15) is 0 Å². The van der Waals surface area contributed by atoms with E-state index in [4.69, 9.17) is 23.5 Å². The molecule has 0 aromatic heterocycles. The van der Waals surface area contributed by atoms with E-state index in [9.17, 15) is 9.46 Å². The highest BCUT2D eigenvalue weighted by molar-refractivity contribution is 7.52. The first kappa shape index (κ1) is 21.9. The summed E-state index contributed by atoms with van der Waals surface area (Å²) >= 11 is 0. The van der Waals surface area contributed by atoms with Crippen LogP contribution in [0.5, 0.6) is 11.5 Å². The van der Waals surface area contributed by atoms with Crippen LogP contribution >= 0.6 is 7.60 Å². The smallest absolute Gasteiger partial charge is 0.332 e. The van der Waals surface area contributed by atoms with Gasteiger partial charge in [-0.25, -0.2) is 0 Å². The van der Waals surface area contributed by atoms with Crippen molar-refractivity contribution in [2.24, 2.45) is 0 Å². The molecule has 1 aromatic carbocycles. The largest absolute Gasteiger partial charge is 0.491 e. The molecule has 0 radical (unpaired) electrons. The molecule has 0 aliphatic rings. The van der Waals surface area contributed by atoms with Gasteiger partial charge in [0, 0.05) is 19.8 Å². The van der Waals surface area contributed by atoms with E-state index in [1.807, 2.05) is 6.92 Å². The SMILES string of the molecule is CCC(C)OP(=O)(O)Cc1cc(OCCOC)ccc1OCCOC. The lowest BCUT2D eigenvalue weighted by molar-refractivity contribution is 0.144. The maximum Gasteiger partial charge on any atom is 0.332 e. The third kappa shape index (κ3) is 8.70. The van der Waals surface area contributed by atoms with Gasteiger partial charge in [0.25, 0.3) is 0 Å². The fourth-order valence-electron chi connectivity index (χ4n) is 2.00. The molecular formula is C17H29O7P. The van der Waals surface area contributed by atoms with E-state index in [-0.39, 0.29) is 12.3 Å². The third-order valence-electron chi connectivity index (χ3n) is 3.42. The zero-order valence-corrected chi connectivity index (χ0v) is 16.3. The molecule has 1 N–H and O–H groups in total. The van der Waals surface area contributed by atoms with Crippen LogP contribution in [0.3, 0.4) is 0 Å². The van der Waals surface area contributed by atoms with Gasteiger partial charge in [-0.1, -0.05) is 6.92 Å². The van der Waals surface area contributed by atoms with Crippen LogP contribution in [0, 0.1) is 0 Å². The summed E-state index contributed by atoms with van der Waals surface area (Å²) in [6, 6.07) is 5.16. The van der Waals surface area contributed by atoms with Gasteiger partial charge in [0.15, 0.2) is 0 Å². The summed E-state index contributed by atoms with van der Waals surface area (Å²) in [4.78, 5) is 10.2. The van der Waals surface area contributed by atoms with Gasteiger partial charge >= 0.3 is 7.60 Å². The average molecular weight is 376 g/mol. The van der Waals surface area contributed by atoms with Crippen molar-refractivity contribution >= 4 is 7.60 Å². The molecule has 1 rings (SSSR count). The first-order valence-corrected chi connectivity index (χ1v) is 10.0. The first-order valence-electron chi connectivity index (χ1n) is 8.28. The highest BCUT2D eigenvalue weighted by Crippen LogP contribution is 2.49. The van der Waals surface area contributed by atoms with Crippen molar-refractivity contribution in [2.75, 3.05) is 40.6 Å².